The van der Waals surface area contributed by atoms with E-state index in [9.17, 15) is 10.1 Å². The molecule has 2 fully saturated rings. The summed E-state index contributed by atoms with van der Waals surface area (Å²) in [4.78, 5) is 19.3. The largest absolute Gasteiger partial charge is 0.378 e. The van der Waals surface area contributed by atoms with E-state index in [0.29, 0.717) is 12.1 Å². The summed E-state index contributed by atoms with van der Waals surface area (Å²) in [5.74, 6) is 0.00463. The molecule has 0 unspecified atom stereocenters. The Hall–Kier alpha value is -3.08. The van der Waals surface area contributed by atoms with Crippen molar-refractivity contribution in [1.29, 1.82) is 5.26 Å². The number of nitriles is 1. The van der Waals surface area contributed by atoms with E-state index in [-0.39, 0.29) is 5.91 Å². The molecule has 0 spiro atoms. The molecule has 7 nitrogen and oxygen atoms in total. The Labute approximate surface area is 183 Å². The lowest BCUT2D eigenvalue weighted by Gasteiger charge is -2.29. The van der Waals surface area contributed by atoms with E-state index >= 15 is 0 Å². The van der Waals surface area contributed by atoms with Gasteiger partial charge in [0.05, 0.1) is 31.0 Å². The summed E-state index contributed by atoms with van der Waals surface area (Å²) in [5.41, 5.74) is 3.67. The molecular formula is C24H29N5O2. The maximum atomic E-state index is 12.6. The van der Waals surface area contributed by atoms with Crippen LogP contribution >= 0.6 is 0 Å². The van der Waals surface area contributed by atoms with E-state index in [2.05, 4.69) is 38.2 Å². The second-order valence-electron chi connectivity index (χ2n) is 7.94. The van der Waals surface area contributed by atoms with Crippen molar-refractivity contribution in [2.75, 3.05) is 74.1 Å². The fraction of sp³-hybridized carbons (Fsp3) is 0.417. The second kappa shape index (κ2) is 10.3. The number of nitrogens with one attached hydrogen (secondary N) is 1. The van der Waals surface area contributed by atoms with Crippen molar-refractivity contribution in [3.05, 3.63) is 54.1 Å². The number of morpholine rings is 1. The summed E-state index contributed by atoms with van der Waals surface area (Å²) >= 11 is 0. The predicted octanol–water partition coefficient (Wildman–Crippen LogP) is 2.55. The van der Waals surface area contributed by atoms with E-state index in [4.69, 9.17) is 4.74 Å². The average molecular weight is 420 g/mol. The Kier molecular flexibility index (Phi) is 7.03. The minimum absolute atomic E-state index is 0.00463. The Morgan fingerprint density at radius 3 is 2.48 bits per heavy atom. The van der Waals surface area contributed by atoms with Crippen LogP contribution in [-0.2, 0) is 9.53 Å². The zero-order valence-corrected chi connectivity index (χ0v) is 17.8. The molecule has 0 aromatic heterocycles. The van der Waals surface area contributed by atoms with Crippen LogP contribution in [0.2, 0.25) is 0 Å². The van der Waals surface area contributed by atoms with Gasteiger partial charge in [0.15, 0.2) is 0 Å². The minimum Gasteiger partial charge on any atom is -0.378 e. The van der Waals surface area contributed by atoms with Crippen molar-refractivity contribution in [1.82, 2.24) is 4.90 Å². The predicted molar refractivity (Wildman–Crippen MR) is 123 cm³/mol. The number of carbonyl (C=O) groups is 1. The lowest BCUT2D eigenvalue weighted by Crippen LogP contribution is -2.36. The maximum Gasteiger partial charge on any atom is 0.238 e. The van der Waals surface area contributed by atoms with Crippen molar-refractivity contribution in [2.24, 2.45) is 0 Å². The van der Waals surface area contributed by atoms with Crippen molar-refractivity contribution >= 4 is 23.0 Å². The highest BCUT2D eigenvalue weighted by Gasteiger charge is 2.19. The van der Waals surface area contributed by atoms with Crippen LogP contribution in [-0.4, -0.2) is 69.8 Å². The van der Waals surface area contributed by atoms with Gasteiger partial charge < -0.3 is 19.9 Å². The Morgan fingerprint density at radius 1 is 0.935 bits per heavy atom. The molecule has 2 aliphatic heterocycles. The molecule has 0 saturated carbocycles. The number of anilines is 3. The summed E-state index contributed by atoms with van der Waals surface area (Å²) in [6, 6.07) is 18.0. The first-order valence-corrected chi connectivity index (χ1v) is 10.9. The van der Waals surface area contributed by atoms with Gasteiger partial charge in [-0.1, -0.05) is 12.1 Å². The summed E-state index contributed by atoms with van der Waals surface area (Å²) in [6.07, 6.45) is 0.960. The highest BCUT2D eigenvalue weighted by molar-refractivity contribution is 5.92. The number of ether oxygens (including phenoxy) is 1. The maximum absolute atomic E-state index is 12.6. The number of rotatable bonds is 5. The van der Waals surface area contributed by atoms with E-state index < -0.39 is 0 Å². The monoisotopic (exact) mass is 419 g/mol. The van der Waals surface area contributed by atoms with Gasteiger partial charge in [-0.15, -0.1) is 0 Å². The van der Waals surface area contributed by atoms with Crippen LogP contribution in [0.25, 0.3) is 0 Å². The molecular weight excluding hydrogens is 390 g/mol. The molecule has 1 N–H and O–H groups in total. The second-order valence-corrected chi connectivity index (χ2v) is 7.94. The van der Waals surface area contributed by atoms with Gasteiger partial charge in [-0.2, -0.15) is 5.26 Å². The van der Waals surface area contributed by atoms with Gasteiger partial charge in [-0.3, -0.25) is 9.69 Å². The Bertz CT molecular complexity index is 918. The van der Waals surface area contributed by atoms with Gasteiger partial charge in [0.1, 0.15) is 6.07 Å². The van der Waals surface area contributed by atoms with E-state index in [1.165, 1.54) is 0 Å². The normalized spacial score (nSPS) is 17.6. The zero-order valence-electron chi connectivity index (χ0n) is 17.8. The lowest BCUT2D eigenvalue weighted by atomic mass is 10.1. The first kappa shape index (κ1) is 21.2. The van der Waals surface area contributed by atoms with Crippen molar-refractivity contribution < 1.29 is 9.53 Å². The first-order chi connectivity index (χ1) is 15.2. The van der Waals surface area contributed by atoms with Crippen molar-refractivity contribution in [2.45, 2.75) is 6.42 Å². The Morgan fingerprint density at radius 2 is 1.71 bits per heavy atom. The number of para-hydroxylation sites is 1. The molecule has 0 aliphatic carbocycles. The van der Waals surface area contributed by atoms with E-state index in [1.54, 1.807) is 0 Å². The fourth-order valence-electron chi connectivity index (χ4n) is 4.19. The number of hydrogen-bond donors (Lipinski definition) is 1. The molecule has 2 aliphatic rings. The number of nitrogens with zero attached hydrogens (tertiary/aromatic N) is 4. The summed E-state index contributed by atoms with van der Waals surface area (Å²) in [7, 11) is 0. The highest BCUT2D eigenvalue weighted by atomic mass is 16.5. The molecule has 162 valence electrons. The van der Waals surface area contributed by atoms with Crippen LogP contribution in [0.15, 0.2) is 48.5 Å². The smallest absolute Gasteiger partial charge is 0.238 e. The number of benzene rings is 2. The molecule has 2 aromatic carbocycles. The molecule has 2 aromatic rings. The molecule has 2 saturated heterocycles. The van der Waals surface area contributed by atoms with Gasteiger partial charge in [0, 0.05) is 50.6 Å². The molecule has 0 radical (unpaired) electrons. The summed E-state index contributed by atoms with van der Waals surface area (Å²) in [6.45, 7) is 7.05. The summed E-state index contributed by atoms with van der Waals surface area (Å²) < 4.78 is 5.40. The van der Waals surface area contributed by atoms with Gasteiger partial charge >= 0.3 is 0 Å². The van der Waals surface area contributed by atoms with Crippen LogP contribution in [0, 0.1) is 11.3 Å². The van der Waals surface area contributed by atoms with Gasteiger partial charge in [-0.05, 0) is 42.8 Å². The zero-order chi connectivity index (χ0) is 21.5. The van der Waals surface area contributed by atoms with Crippen LogP contribution in [0.4, 0.5) is 17.1 Å². The van der Waals surface area contributed by atoms with Crippen LogP contribution in [0.5, 0.6) is 0 Å². The van der Waals surface area contributed by atoms with Crippen molar-refractivity contribution in [3.63, 3.8) is 0 Å². The summed E-state index contributed by atoms with van der Waals surface area (Å²) in [5, 5.41) is 12.4. The SMILES string of the molecule is N#Cc1ccccc1N1CCCN(CC(=O)Nc2ccc(N3CCOCC3)cc2)CC1. The molecule has 0 bridgehead atoms. The number of hydrogen-bond acceptors (Lipinski definition) is 6. The third-order valence-electron chi connectivity index (χ3n) is 5.85. The molecule has 31 heavy (non-hydrogen) atoms. The van der Waals surface area contributed by atoms with E-state index in [1.807, 2.05) is 36.4 Å². The van der Waals surface area contributed by atoms with Crippen LogP contribution < -0.4 is 15.1 Å². The van der Waals surface area contributed by atoms with Crippen LogP contribution in [0.3, 0.4) is 0 Å². The van der Waals surface area contributed by atoms with Gasteiger partial charge in [-0.25, -0.2) is 0 Å². The van der Waals surface area contributed by atoms with Gasteiger partial charge in [0.2, 0.25) is 5.91 Å². The quantitative estimate of drug-likeness (QED) is 0.803. The number of amides is 1. The highest BCUT2D eigenvalue weighted by Crippen LogP contribution is 2.22. The third kappa shape index (κ3) is 5.54. The average Bonchev–Trinajstić information content (AvgIpc) is 3.05. The third-order valence-corrected chi connectivity index (χ3v) is 5.85. The minimum atomic E-state index is 0.00463. The number of carbonyl (C=O) groups excluding carboxylic acids is 1. The Balaban J connectivity index is 1.28. The first-order valence-electron chi connectivity index (χ1n) is 10.9. The fourth-order valence-corrected chi connectivity index (χ4v) is 4.19. The van der Waals surface area contributed by atoms with Gasteiger partial charge in [0.25, 0.3) is 0 Å². The molecule has 7 heteroatoms. The lowest BCUT2D eigenvalue weighted by molar-refractivity contribution is -0.117. The van der Waals surface area contributed by atoms with Crippen molar-refractivity contribution in [3.8, 4) is 6.07 Å². The molecule has 4 rings (SSSR count). The molecule has 0 atom stereocenters. The molecule has 2 heterocycles. The topological polar surface area (TPSA) is 71.8 Å². The van der Waals surface area contributed by atoms with Crippen LogP contribution in [0.1, 0.15) is 12.0 Å². The molecule has 1 amide bonds. The standard InChI is InChI=1S/C24H29N5O2/c25-18-20-4-1-2-5-23(20)29-11-3-10-27(12-13-29)19-24(30)26-21-6-8-22(9-7-21)28-14-16-31-17-15-28/h1-2,4-9H,3,10-17,19H2,(H,26,30). The van der Waals surface area contributed by atoms with E-state index in [0.717, 1.165) is 76.0 Å².